The fraction of sp³-hybridized carbons (Fsp3) is 0.188. The van der Waals surface area contributed by atoms with Crippen molar-refractivity contribution in [3.05, 3.63) is 57.1 Å². The van der Waals surface area contributed by atoms with Crippen molar-refractivity contribution in [3.8, 4) is 6.07 Å². The maximum atomic E-state index is 13.0. The van der Waals surface area contributed by atoms with Crippen molar-refractivity contribution in [2.24, 2.45) is 0 Å². The molecule has 0 saturated heterocycles. The van der Waals surface area contributed by atoms with Crippen LogP contribution < -0.4 is 0 Å². The third kappa shape index (κ3) is 3.71. The zero-order chi connectivity index (χ0) is 18.1. The molecule has 0 fully saturated rings. The van der Waals surface area contributed by atoms with Crippen LogP contribution in [0.15, 0.2) is 29.6 Å². The molecular formula is C16H10Cl2F2N4S. The molecule has 0 aliphatic heterocycles. The largest absolute Gasteiger partial charge is 0.304 e. The van der Waals surface area contributed by atoms with E-state index in [9.17, 15) is 14.0 Å². The van der Waals surface area contributed by atoms with Gasteiger partial charge >= 0.3 is 0 Å². The molecule has 3 aromatic heterocycles. The molecule has 0 spiro atoms. The van der Waals surface area contributed by atoms with Crippen LogP contribution in [0.3, 0.4) is 0 Å². The Morgan fingerprint density at radius 3 is 2.72 bits per heavy atom. The SMILES string of the molecule is Cc1cc(C(F)F)nc(SCc2cn3cc(Cl)cc(Cl)c3n2)c1C#N. The lowest BCUT2D eigenvalue weighted by molar-refractivity contribution is 0.145. The van der Waals surface area contributed by atoms with E-state index in [2.05, 4.69) is 9.97 Å². The van der Waals surface area contributed by atoms with Crippen molar-refractivity contribution in [2.75, 3.05) is 0 Å². The van der Waals surface area contributed by atoms with Crippen LogP contribution in [0.5, 0.6) is 0 Å². The molecule has 128 valence electrons. The van der Waals surface area contributed by atoms with Gasteiger partial charge in [-0.25, -0.2) is 18.7 Å². The lowest BCUT2D eigenvalue weighted by atomic mass is 10.1. The summed E-state index contributed by atoms with van der Waals surface area (Å²) in [6.07, 6.45) is 0.724. The highest BCUT2D eigenvalue weighted by atomic mass is 35.5. The minimum absolute atomic E-state index is 0.263. The second-order valence-electron chi connectivity index (χ2n) is 5.21. The molecule has 0 radical (unpaired) electrons. The number of aromatic nitrogens is 3. The summed E-state index contributed by atoms with van der Waals surface area (Å²) in [5, 5.41) is 10.4. The van der Waals surface area contributed by atoms with Gasteiger partial charge in [-0.1, -0.05) is 35.0 Å². The second kappa shape index (κ2) is 7.16. The number of rotatable bonds is 4. The quantitative estimate of drug-likeness (QED) is 0.548. The molecule has 3 rings (SSSR count). The Balaban J connectivity index is 1.91. The second-order valence-corrected chi connectivity index (χ2v) is 7.02. The van der Waals surface area contributed by atoms with Crippen LogP contribution in [0.2, 0.25) is 10.0 Å². The summed E-state index contributed by atoms with van der Waals surface area (Å²) in [7, 11) is 0. The molecule has 0 unspecified atom stereocenters. The van der Waals surface area contributed by atoms with Crippen LogP contribution in [0, 0.1) is 18.3 Å². The maximum absolute atomic E-state index is 13.0. The highest BCUT2D eigenvalue weighted by Crippen LogP contribution is 2.30. The Bertz CT molecular complexity index is 998. The minimum Gasteiger partial charge on any atom is -0.304 e. The Hall–Kier alpha value is -1.88. The normalized spacial score (nSPS) is 11.2. The van der Waals surface area contributed by atoms with E-state index in [-0.39, 0.29) is 10.7 Å². The number of nitrogens with zero attached hydrogens (tertiary/aromatic N) is 4. The van der Waals surface area contributed by atoms with E-state index < -0.39 is 6.43 Å². The van der Waals surface area contributed by atoms with Gasteiger partial charge in [-0.15, -0.1) is 0 Å². The molecule has 0 bridgehead atoms. The topological polar surface area (TPSA) is 54.0 Å². The summed E-state index contributed by atoms with van der Waals surface area (Å²) >= 11 is 13.2. The molecule has 0 N–H and O–H groups in total. The monoisotopic (exact) mass is 398 g/mol. The van der Waals surface area contributed by atoms with Gasteiger partial charge < -0.3 is 4.40 Å². The first kappa shape index (κ1) is 17.9. The van der Waals surface area contributed by atoms with Gasteiger partial charge in [0, 0.05) is 18.1 Å². The summed E-state index contributed by atoms with van der Waals surface area (Å²) < 4.78 is 27.6. The number of alkyl halides is 2. The van der Waals surface area contributed by atoms with E-state index in [0.29, 0.717) is 38.3 Å². The van der Waals surface area contributed by atoms with Gasteiger partial charge in [0.1, 0.15) is 16.8 Å². The number of fused-ring (bicyclic) bond motifs is 1. The first-order valence-corrected chi connectivity index (χ1v) is 8.78. The van der Waals surface area contributed by atoms with Gasteiger partial charge in [0.2, 0.25) is 0 Å². The predicted octanol–water partition coefficient (Wildman–Crippen LogP) is 5.45. The van der Waals surface area contributed by atoms with Crippen molar-refractivity contribution in [3.63, 3.8) is 0 Å². The molecule has 4 nitrogen and oxygen atoms in total. The highest BCUT2D eigenvalue weighted by molar-refractivity contribution is 7.98. The number of aryl methyl sites for hydroxylation is 1. The molecule has 0 aromatic carbocycles. The van der Waals surface area contributed by atoms with E-state index in [4.69, 9.17) is 23.2 Å². The Kier molecular flexibility index (Phi) is 5.13. The Morgan fingerprint density at radius 1 is 1.28 bits per heavy atom. The lowest BCUT2D eigenvalue weighted by Gasteiger charge is -2.08. The number of hydrogen-bond acceptors (Lipinski definition) is 4. The maximum Gasteiger partial charge on any atom is 0.280 e. The molecule has 0 saturated carbocycles. The van der Waals surface area contributed by atoms with Crippen molar-refractivity contribution < 1.29 is 8.78 Å². The van der Waals surface area contributed by atoms with Crippen LogP contribution in [0.25, 0.3) is 5.65 Å². The highest BCUT2D eigenvalue weighted by Gasteiger charge is 2.17. The molecule has 3 heterocycles. The average Bonchev–Trinajstić information content (AvgIpc) is 2.95. The van der Waals surface area contributed by atoms with E-state index in [1.165, 1.54) is 17.8 Å². The van der Waals surface area contributed by atoms with Crippen LogP contribution in [0.1, 0.15) is 28.9 Å². The van der Waals surface area contributed by atoms with Gasteiger partial charge in [0.25, 0.3) is 6.43 Å². The summed E-state index contributed by atoms with van der Waals surface area (Å²) in [6.45, 7) is 1.61. The van der Waals surface area contributed by atoms with Gasteiger partial charge in [0.15, 0.2) is 5.65 Å². The number of halogens is 4. The van der Waals surface area contributed by atoms with E-state index >= 15 is 0 Å². The summed E-state index contributed by atoms with van der Waals surface area (Å²) in [5.41, 5.74) is 1.64. The zero-order valence-corrected chi connectivity index (χ0v) is 15.1. The summed E-state index contributed by atoms with van der Waals surface area (Å²) in [6, 6.07) is 4.84. The van der Waals surface area contributed by atoms with Crippen molar-refractivity contribution in [1.82, 2.24) is 14.4 Å². The summed E-state index contributed by atoms with van der Waals surface area (Å²) in [4.78, 5) is 8.31. The predicted molar refractivity (Wildman–Crippen MR) is 93.4 cm³/mol. The van der Waals surface area contributed by atoms with Crippen molar-refractivity contribution >= 4 is 40.6 Å². The molecule has 0 aliphatic rings. The van der Waals surface area contributed by atoms with E-state index in [0.717, 1.165) is 0 Å². The third-order valence-electron chi connectivity index (χ3n) is 3.42. The molecule has 0 amide bonds. The molecular weight excluding hydrogens is 389 g/mol. The smallest absolute Gasteiger partial charge is 0.280 e. The first-order chi connectivity index (χ1) is 11.9. The number of nitriles is 1. The summed E-state index contributed by atoms with van der Waals surface area (Å²) in [5.74, 6) is 0.351. The molecule has 0 atom stereocenters. The zero-order valence-electron chi connectivity index (χ0n) is 12.8. The Morgan fingerprint density at radius 2 is 2.04 bits per heavy atom. The molecule has 25 heavy (non-hydrogen) atoms. The Labute approximate surface area is 156 Å². The number of hydrogen-bond donors (Lipinski definition) is 0. The van der Waals surface area contributed by atoms with Gasteiger partial charge in [-0.2, -0.15) is 5.26 Å². The van der Waals surface area contributed by atoms with Crippen molar-refractivity contribution in [2.45, 2.75) is 24.1 Å². The molecule has 3 aromatic rings. The van der Waals surface area contributed by atoms with Gasteiger partial charge in [0.05, 0.1) is 21.3 Å². The van der Waals surface area contributed by atoms with Crippen LogP contribution in [-0.2, 0) is 5.75 Å². The van der Waals surface area contributed by atoms with E-state index in [1.807, 2.05) is 6.07 Å². The first-order valence-electron chi connectivity index (χ1n) is 7.04. The van der Waals surface area contributed by atoms with Gasteiger partial charge in [-0.05, 0) is 24.6 Å². The van der Waals surface area contributed by atoms with E-state index in [1.54, 1.807) is 29.8 Å². The average molecular weight is 399 g/mol. The van der Waals surface area contributed by atoms with Crippen LogP contribution >= 0.6 is 35.0 Å². The fourth-order valence-corrected chi connectivity index (χ4v) is 3.78. The minimum atomic E-state index is -2.69. The van der Waals surface area contributed by atoms with Crippen molar-refractivity contribution in [1.29, 1.82) is 5.26 Å². The van der Waals surface area contributed by atoms with Crippen LogP contribution in [0.4, 0.5) is 8.78 Å². The molecule has 9 heteroatoms. The standard InChI is InChI=1S/C16H10Cl2F2N4S/c1-8-2-13(14(19)20)23-16(11(8)4-21)25-7-10-6-24-5-9(17)3-12(18)15(24)22-10/h2-3,5-6,14H,7H2,1H3. The third-order valence-corrected chi connectivity index (χ3v) is 4.91. The molecule has 0 aliphatic carbocycles. The number of thioether (sulfide) groups is 1. The number of pyridine rings is 2. The van der Waals surface area contributed by atoms with Gasteiger partial charge in [-0.3, -0.25) is 0 Å². The number of imidazole rings is 1. The fourth-order valence-electron chi connectivity index (χ4n) is 2.31. The lowest BCUT2D eigenvalue weighted by Crippen LogP contribution is -1.98. The van der Waals surface area contributed by atoms with Crippen LogP contribution in [-0.4, -0.2) is 14.4 Å².